The Kier molecular flexibility index (Phi) is 8.77. The number of ether oxygens (including phenoxy) is 1. The standard InChI is InChI=1S/C35H32N4O4/c1-25(40)37-30-20-18-26(19-21-30)33(41)38-32(34(42)43-2)22-31-23-39(24-36-31)35(27-12-6-3-7-13-27,28-14-8-4-9-15-28)29-16-10-5-11-17-29/h3-21,23-24,32H,22H2,1-2H3,(H,37,40)(H,38,41). The SMILES string of the molecule is COC(=O)C(Cc1cn(C(c2ccccc2)(c2ccccc2)c2ccccc2)cn1)NC(=O)c1ccc(NC(C)=O)cc1. The van der Waals surface area contributed by atoms with Gasteiger partial charge in [-0.1, -0.05) is 91.0 Å². The molecule has 0 radical (unpaired) electrons. The van der Waals surface area contributed by atoms with Crippen LogP contribution in [0, 0.1) is 0 Å². The van der Waals surface area contributed by atoms with Gasteiger partial charge in [0.15, 0.2) is 0 Å². The Bertz CT molecular complexity index is 1590. The fourth-order valence-electron chi connectivity index (χ4n) is 5.33. The first-order valence-electron chi connectivity index (χ1n) is 13.9. The van der Waals surface area contributed by atoms with Crippen molar-refractivity contribution in [2.75, 3.05) is 12.4 Å². The maximum atomic E-state index is 13.1. The van der Waals surface area contributed by atoms with Crippen molar-refractivity contribution >= 4 is 23.5 Å². The highest BCUT2D eigenvalue weighted by Crippen LogP contribution is 2.40. The lowest BCUT2D eigenvalue weighted by Gasteiger charge is -2.37. The molecule has 0 aliphatic carbocycles. The van der Waals surface area contributed by atoms with Crippen molar-refractivity contribution in [2.45, 2.75) is 24.9 Å². The third-order valence-corrected chi connectivity index (χ3v) is 7.27. The van der Waals surface area contributed by atoms with Gasteiger partial charge in [0, 0.05) is 30.8 Å². The van der Waals surface area contributed by atoms with Crippen molar-refractivity contribution in [1.82, 2.24) is 14.9 Å². The number of hydrogen-bond donors (Lipinski definition) is 2. The van der Waals surface area contributed by atoms with Crippen molar-refractivity contribution in [3.05, 3.63) is 156 Å². The van der Waals surface area contributed by atoms with Crippen molar-refractivity contribution in [1.29, 1.82) is 0 Å². The number of anilines is 1. The van der Waals surface area contributed by atoms with Gasteiger partial charge in [0.25, 0.3) is 5.91 Å². The van der Waals surface area contributed by atoms with Crippen LogP contribution in [0.1, 0.15) is 39.7 Å². The fourth-order valence-corrected chi connectivity index (χ4v) is 5.33. The van der Waals surface area contributed by atoms with Crippen LogP contribution in [0.4, 0.5) is 5.69 Å². The number of hydrogen-bond acceptors (Lipinski definition) is 5. The van der Waals surface area contributed by atoms with E-state index in [1.54, 1.807) is 30.6 Å². The molecule has 0 aliphatic heterocycles. The molecule has 5 rings (SSSR count). The number of carbonyl (C=O) groups excluding carboxylic acids is 3. The molecule has 0 fully saturated rings. The third kappa shape index (κ3) is 6.23. The Balaban J connectivity index is 1.50. The molecular weight excluding hydrogens is 540 g/mol. The lowest BCUT2D eigenvalue weighted by molar-refractivity contribution is -0.142. The molecule has 1 aromatic heterocycles. The summed E-state index contributed by atoms with van der Waals surface area (Å²) < 4.78 is 7.09. The van der Waals surface area contributed by atoms with Crippen LogP contribution in [-0.4, -0.2) is 40.5 Å². The Hall–Kier alpha value is -5.50. The molecule has 8 nitrogen and oxygen atoms in total. The van der Waals surface area contributed by atoms with Crippen LogP contribution in [-0.2, 0) is 26.3 Å². The Morgan fingerprint density at radius 3 is 1.77 bits per heavy atom. The number of aromatic nitrogens is 2. The van der Waals surface area contributed by atoms with Crippen molar-refractivity contribution < 1.29 is 19.1 Å². The van der Waals surface area contributed by atoms with E-state index in [0.717, 1.165) is 16.7 Å². The summed E-state index contributed by atoms with van der Waals surface area (Å²) in [6.07, 6.45) is 3.79. The lowest BCUT2D eigenvalue weighted by Crippen LogP contribution is -2.43. The van der Waals surface area contributed by atoms with Crippen LogP contribution in [0.25, 0.3) is 0 Å². The van der Waals surface area contributed by atoms with Crippen LogP contribution in [0.2, 0.25) is 0 Å². The maximum Gasteiger partial charge on any atom is 0.328 e. The average Bonchev–Trinajstić information content (AvgIpc) is 3.51. The van der Waals surface area contributed by atoms with Gasteiger partial charge in [-0.05, 0) is 41.0 Å². The normalized spacial score (nSPS) is 11.8. The number of carbonyl (C=O) groups is 3. The van der Waals surface area contributed by atoms with Crippen molar-refractivity contribution in [2.24, 2.45) is 0 Å². The van der Waals surface area contributed by atoms with Gasteiger partial charge in [-0.2, -0.15) is 0 Å². The molecule has 2 N–H and O–H groups in total. The molecule has 0 saturated carbocycles. The van der Waals surface area contributed by atoms with E-state index in [1.807, 2.05) is 60.8 Å². The molecule has 1 unspecified atom stereocenters. The average molecular weight is 573 g/mol. The van der Waals surface area contributed by atoms with Crippen molar-refractivity contribution in [3.8, 4) is 0 Å². The van der Waals surface area contributed by atoms with E-state index in [9.17, 15) is 14.4 Å². The number of benzene rings is 4. The highest BCUT2D eigenvalue weighted by atomic mass is 16.5. The number of nitrogens with one attached hydrogen (secondary N) is 2. The second-order valence-electron chi connectivity index (χ2n) is 10.1. The Morgan fingerprint density at radius 1 is 0.791 bits per heavy atom. The lowest BCUT2D eigenvalue weighted by atomic mass is 9.77. The second-order valence-corrected chi connectivity index (χ2v) is 10.1. The van der Waals surface area contributed by atoms with Crippen LogP contribution < -0.4 is 10.6 Å². The largest absolute Gasteiger partial charge is 0.467 e. The van der Waals surface area contributed by atoms with Gasteiger partial charge >= 0.3 is 5.97 Å². The molecule has 0 saturated heterocycles. The summed E-state index contributed by atoms with van der Waals surface area (Å²) >= 11 is 0. The minimum Gasteiger partial charge on any atom is -0.467 e. The summed E-state index contributed by atoms with van der Waals surface area (Å²) in [5.74, 6) is -1.24. The van der Waals surface area contributed by atoms with Crippen LogP contribution >= 0.6 is 0 Å². The predicted molar refractivity (Wildman–Crippen MR) is 165 cm³/mol. The van der Waals surface area contributed by atoms with E-state index in [-0.39, 0.29) is 12.3 Å². The topological polar surface area (TPSA) is 102 Å². The molecule has 8 heteroatoms. The second kappa shape index (κ2) is 13.0. The van der Waals surface area contributed by atoms with E-state index in [2.05, 4.69) is 51.6 Å². The minimum absolute atomic E-state index is 0.115. The molecule has 0 spiro atoms. The predicted octanol–water partition coefficient (Wildman–Crippen LogP) is 5.20. The smallest absolute Gasteiger partial charge is 0.328 e. The monoisotopic (exact) mass is 572 g/mol. The summed E-state index contributed by atoms with van der Waals surface area (Å²) in [5.41, 5.74) is 3.87. The summed E-state index contributed by atoms with van der Waals surface area (Å²) in [4.78, 5) is 41.9. The van der Waals surface area contributed by atoms with Gasteiger partial charge in [0.2, 0.25) is 5.91 Å². The fraction of sp³-hybridized carbons (Fsp3) is 0.143. The maximum absolute atomic E-state index is 13.1. The number of methoxy groups -OCH3 is 1. The van der Waals surface area contributed by atoms with E-state index in [1.165, 1.54) is 14.0 Å². The highest BCUT2D eigenvalue weighted by Gasteiger charge is 2.38. The molecule has 0 bridgehead atoms. The number of imidazole rings is 1. The molecule has 5 aromatic rings. The van der Waals surface area contributed by atoms with E-state index in [4.69, 9.17) is 9.72 Å². The summed E-state index contributed by atoms with van der Waals surface area (Å²) in [6, 6.07) is 36.0. The Morgan fingerprint density at radius 2 is 1.30 bits per heavy atom. The van der Waals surface area contributed by atoms with Crippen LogP contribution in [0.5, 0.6) is 0 Å². The number of rotatable bonds is 10. The van der Waals surface area contributed by atoms with E-state index in [0.29, 0.717) is 16.9 Å². The zero-order valence-corrected chi connectivity index (χ0v) is 23.9. The summed E-state index contributed by atoms with van der Waals surface area (Å²) in [5, 5.41) is 5.45. The van der Waals surface area contributed by atoms with Gasteiger partial charge in [-0.15, -0.1) is 0 Å². The molecule has 4 aromatic carbocycles. The Labute approximate surface area is 250 Å². The third-order valence-electron chi connectivity index (χ3n) is 7.27. The zero-order chi connectivity index (χ0) is 30.2. The number of esters is 1. The quantitative estimate of drug-likeness (QED) is 0.177. The molecule has 0 aliphatic rings. The van der Waals surface area contributed by atoms with E-state index >= 15 is 0 Å². The molecule has 1 heterocycles. The van der Waals surface area contributed by atoms with Crippen LogP contribution in [0.3, 0.4) is 0 Å². The van der Waals surface area contributed by atoms with Gasteiger partial charge in [0.05, 0.1) is 19.1 Å². The summed E-state index contributed by atoms with van der Waals surface area (Å²) in [7, 11) is 1.29. The van der Waals surface area contributed by atoms with E-state index < -0.39 is 23.5 Å². The first-order valence-corrected chi connectivity index (χ1v) is 13.9. The first-order chi connectivity index (χ1) is 20.9. The highest BCUT2D eigenvalue weighted by molar-refractivity contribution is 5.97. The first kappa shape index (κ1) is 29.0. The summed E-state index contributed by atoms with van der Waals surface area (Å²) in [6.45, 7) is 1.41. The molecule has 216 valence electrons. The van der Waals surface area contributed by atoms with Gasteiger partial charge in [-0.3, -0.25) is 9.59 Å². The van der Waals surface area contributed by atoms with Crippen molar-refractivity contribution in [3.63, 3.8) is 0 Å². The van der Waals surface area contributed by atoms with Gasteiger partial charge < -0.3 is 19.9 Å². The molecule has 1 atom stereocenters. The molecule has 43 heavy (non-hydrogen) atoms. The molecule has 2 amide bonds. The number of amides is 2. The van der Waals surface area contributed by atoms with Gasteiger partial charge in [-0.25, -0.2) is 9.78 Å². The molecular formula is C35H32N4O4. The van der Waals surface area contributed by atoms with Crippen LogP contribution in [0.15, 0.2) is 128 Å². The zero-order valence-electron chi connectivity index (χ0n) is 23.9. The minimum atomic E-state index is -0.976. The van der Waals surface area contributed by atoms with Gasteiger partial charge in [0.1, 0.15) is 11.6 Å². The number of nitrogens with zero attached hydrogens (tertiary/aromatic N) is 2.